The quantitative estimate of drug-likeness (QED) is 0.862. The molecule has 0 unspecified atom stereocenters. The zero-order valence-electron chi connectivity index (χ0n) is 7.85. The molecule has 2 aromatic rings. The highest BCUT2D eigenvalue weighted by atomic mass is 35.5. The molecule has 0 aliphatic rings. The Balaban J connectivity index is 2.18. The topological polar surface area (TPSA) is 75.1 Å². The molecule has 1 heterocycles. The number of benzene rings is 1. The largest absolute Gasteiger partial charge is 0.506 e. The molecule has 0 aliphatic carbocycles. The first-order valence-corrected chi connectivity index (χ1v) is 5.48. The van der Waals surface area contributed by atoms with Crippen LogP contribution in [-0.4, -0.2) is 21.2 Å². The zero-order valence-corrected chi connectivity index (χ0v) is 9.42. The Hall–Kier alpha value is -1.66. The lowest BCUT2D eigenvalue weighted by Crippen LogP contribution is -2.11. The van der Waals surface area contributed by atoms with Crippen molar-refractivity contribution in [1.29, 1.82) is 0 Å². The van der Waals surface area contributed by atoms with Gasteiger partial charge in [0.25, 0.3) is 5.91 Å². The minimum absolute atomic E-state index is 0.0610. The highest BCUT2D eigenvalue weighted by Crippen LogP contribution is 2.24. The summed E-state index contributed by atoms with van der Waals surface area (Å²) in [4.78, 5) is 11.7. The van der Waals surface area contributed by atoms with Gasteiger partial charge in [-0.25, -0.2) is 0 Å². The standard InChI is InChI=1S/C9H6ClN3O2S/c10-6-3-5(1-2-7(6)14)8(15)12-9-13-11-4-16-9/h1-4,14H,(H,12,13,15). The molecular weight excluding hydrogens is 250 g/mol. The number of phenolic OH excluding ortho intramolecular Hbond substituents is 1. The Kier molecular flexibility index (Phi) is 3.02. The molecule has 0 spiro atoms. The van der Waals surface area contributed by atoms with Crippen molar-refractivity contribution < 1.29 is 9.90 Å². The van der Waals surface area contributed by atoms with Crippen LogP contribution in [0.15, 0.2) is 23.7 Å². The molecule has 2 rings (SSSR count). The van der Waals surface area contributed by atoms with Gasteiger partial charge in [-0.2, -0.15) is 0 Å². The van der Waals surface area contributed by atoms with Gasteiger partial charge < -0.3 is 5.11 Å². The fraction of sp³-hybridized carbons (Fsp3) is 0. The lowest BCUT2D eigenvalue weighted by molar-refractivity contribution is 0.102. The van der Waals surface area contributed by atoms with Crippen LogP contribution < -0.4 is 5.32 Å². The Morgan fingerprint density at radius 1 is 1.50 bits per heavy atom. The number of hydrogen-bond donors (Lipinski definition) is 2. The molecule has 0 saturated heterocycles. The monoisotopic (exact) mass is 255 g/mol. The molecule has 1 aromatic carbocycles. The van der Waals surface area contributed by atoms with Gasteiger partial charge in [0.15, 0.2) is 0 Å². The first-order chi connectivity index (χ1) is 7.66. The molecule has 0 atom stereocenters. The molecule has 5 nitrogen and oxygen atoms in total. The van der Waals surface area contributed by atoms with Crippen molar-refractivity contribution in [2.24, 2.45) is 0 Å². The fourth-order valence-electron chi connectivity index (χ4n) is 1.04. The second-order valence-corrected chi connectivity index (χ2v) is 4.10. The van der Waals surface area contributed by atoms with Gasteiger partial charge in [-0.1, -0.05) is 22.9 Å². The van der Waals surface area contributed by atoms with Crippen molar-refractivity contribution in [3.63, 3.8) is 0 Å². The highest BCUT2D eigenvalue weighted by molar-refractivity contribution is 7.13. The number of carbonyl (C=O) groups is 1. The summed E-state index contributed by atoms with van der Waals surface area (Å²) in [5.74, 6) is -0.409. The van der Waals surface area contributed by atoms with E-state index in [0.29, 0.717) is 10.7 Å². The summed E-state index contributed by atoms with van der Waals surface area (Å²) >= 11 is 6.90. The van der Waals surface area contributed by atoms with E-state index in [-0.39, 0.29) is 16.7 Å². The van der Waals surface area contributed by atoms with Gasteiger partial charge in [0.1, 0.15) is 11.3 Å². The number of hydrogen-bond acceptors (Lipinski definition) is 5. The molecule has 16 heavy (non-hydrogen) atoms. The number of nitrogens with zero attached hydrogens (tertiary/aromatic N) is 2. The predicted molar refractivity (Wildman–Crippen MR) is 61.0 cm³/mol. The summed E-state index contributed by atoms with van der Waals surface area (Å²) < 4.78 is 0. The third kappa shape index (κ3) is 2.29. The van der Waals surface area contributed by atoms with E-state index in [9.17, 15) is 9.90 Å². The second kappa shape index (κ2) is 4.46. The number of aromatic hydroxyl groups is 1. The number of halogens is 1. The molecule has 0 fully saturated rings. The average Bonchev–Trinajstić information content (AvgIpc) is 2.74. The Morgan fingerprint density at radius 3 is 2.94 bits per heavy atom. The summed E-state index contributed by atoms with van der Waals surface area (Å²) in [6.07, 6.45) is 0. The van der Waals surface area contributed by atoms with E-state index < -0.39 is 0 Å². The summed E-state index contributed by atoms with van der Waals surface area (Å²) in [7, 11) is 0. The molecule has 1 aromatic heterocycles. The van der Waals surface area contributed by atoms with Gasteiger partial charge in [0, 0.05) is 5.56 Å². The van der Waals surface area contributed by atoms with Crippen LogP contribution in [0.3, 0.4) is 0 Å². The van der Waals surface area contributed by atoms with Crippen LogP contribution in [-0.2, 0) is 0 Å². The van der Waals surface area contributed by atoms with Crippen LogP contribution in [0.5, 0.6) is 5.75 Å². The van der Waals surface area contributed by atoms with Crippen molar-refractivity contribution >= 4 is 34.0 Å². The maximum absolute atomic E-state index is 11.7. The first-order valence-electron chi connectivity index (χ1n) is 4.23. The fourth-order valence-corrected chi connectivity index (χ4v) is 1.67. The number of phenols is 1. The SMILES string of the molecule is O=C(Nc1nncs1)c1ccc(O)c(Cl)c1. The van der Waals surface area contributed by atoms with Gasteiger partial charge in [0.05, 0.1) is 5.02 Å². The lowest BCUT2D eigenvalue weighted by Gasteiger charge is -2.02. The van der Waals surface area contributed by atoms with Gasteiger partial charge in [-0.15, -0.1) is 10.2 Å². The van der Waals surface area contributed by atoms with Crippen LogP contribution in [0.1, 0.15) is 10.4 Å². The summed E-state index contributed by atoms with van der Waals surface area (Å²) in [6, 6.07) is 4.21. The number of amides is 1. The molecule has 0 saturated carbocycles. The van der Waals surface area contributed by atoms with Crippen LogP contribution in [0.4, 0.5) is 5.13 Å². The molecule has 0 bridgehead atoms. The van der Waals surface area contributed by atoms with Gasteiger partial charge in [-0.05, 0) is 18.2 Å². The van der Waals surface area contributed by atoms with Crippen molar-refractivity contribution in [2.45, 2.75) is 0 Å². The maximum atomic E-state index is 11.7. The molecule has 1 amide bonds. The normalized spacial score (nSPS) is 10.1. The molecule has 2 N–H and O–H groups in total. The van der Waals surface area contributed by atoms with Crippen molar-refractivity contribution in [3.05, 3.63) is 34.3 Å². The third-order valence-corrected chi connectivity index (χ3v) is 2.70. The number of nitrogens with one attached hydrogen (secondary N) is 1. The van der Waals surface area contributed by atoms with Crippen molar-refractivity contribution in [3.8, 4) is 5.75 Å². The van der Waals surface area contributed by atoms with Crippen LogP contribution >= 0.6 is 22.9 Å². The van der Waals surface area contributed by atoms with Crippen LogP contribution in [0, 0.1) is 0 Å². The Morgan fingerprint density at radius 2 is 2.31 bits per heavy atom. The Bertz CT molecular complexity index is 515. The number of carbonyl (C=O) groups excluding carboxylic acids is 1. The summed E-state index contributed by atoms with van der Waals surface area (Å²) in [5, 5.41) is 19.6. The van der Waals surface area contributed by atoms with E-state index in [1.54, 1.807) is 0 Å². The third-order valence-electron chi connectivity index (χ3n) is 1.79. The first kappa shape index (κ1) is 10.8. The second-order valence-electron chi connectivity index (χ2n) is 2.86. The molecular formula is C9H6ClN3O2S. The molecule has 7 heteroatoms. The van der Waals surface area contributed by atoms with E-state index in [1.165, 1.54) is 35.0 Å². The minimum Gasteiger partial charge on any atom is -0.506 e. The van der Waals surface area contributed by atoms with Gasteiger partial charge in [-0.3, -0.25) is 10.1 Å². The minimum atomic E-state index is -0.348. The Labute approximate surface area is 99.7 Å². The van der Waals surface area contributed by atoms with Crippen LogP contribution in [0.2, 0.25) is 5.02 Å². The summed E-state index contributed by atoms with van der Waals surface area (Å²) in [5.41, 5.74) is 1.86. The summed E-state index contributed by atoms with van der Waals surface area (Å²) in [6.45, 7) is 0. The highest BCUT2D eigenvalue weighted by Gasteiger charge is 2.09. The number of rotatable bonds is 2. The maximum Gasteiger partial charge on any atom is 0.257 e. The van der Waals surface area contributed by atoms with E-state index in [1.807, 2.05) is 0 Å². The van der Waals surface area contributed by atoms with Gasteiger partial charge >= 0.3 is 0 Å². The molecule has 0 aliphatic heterocycles. The number of anilines is 1. The van der Waals surface area contributed by atoms with E-state index in [0.717, 1.165) is 0 Å². The van der Waals surface area contributed by atoms with Gasteiger partial charge in [0.2, 0.25) is 5.13 Å². The van der Waals surface area contributed by atoms with Crippen LogP contribution in [0.25, 0.3) is 0 Å². The molecule has 82 valence electrons. The number of aromatic nitrogens is 2. The van der Waals surface area contributed by atoms with E-state index in [4.69, 9.17) is 11.6 Å². The van der Waals surface area contributed by atoms with Crippen molar-refractivity contribution in [1.82, 2.24) is 10.2 Å². The molecule has 0 radical (unpaired) electrons. The average molecular weight is 256 g/mol. The lowest BCUT2D eigenvalue weighted by atomic mass is 10.2. The predicted octanol–water partition coefficient (Wildman–Crippen LogP) is 2.15. The van der Waals surface area contributed by atoms with Crippen molar-refractivity contribution in [2.75, 3.05) is 5.32 Å². The van der Waals surface area contributed by atoms with E-state index in [2.05, 4.69) is 15.5 Å². The van der Waals surface area contributed by atoms with E-state index >= 15 is 0 Å². The zero-order chi connectivity index (χ0) is 11.5. The smallest absolute Gasteiger partial charge is 0.257 e.